The van der Waals surface area contributed by atoms with Crippen LogP contribution in [0.25, 0.3) is 0 Å². The van der Waals surface area contributed by atoms with E-state index in [0.717, 1.165) is 30.1 Å². The minimum atomic E-state index is -1.62. The van der Waals surface area contributed by atoms with Crippen LogP contribution < -0.4 is 15.7 Å². The summed E-state index contributed by atoms with van der Waals surface area (Å²) in [5.41, 5.74) is 5.74. The van der Waals surface area contributed by atoms with Crippen LogP contribution in [-0.2, 0) is 16.1 Å². The number of rotatable bonds is 5. The van der Waals surface area contributed by atoms with Gasteiger partial charge in [-0.25, -0.2) is 16.7 Å². The third kappa shape index (κ3) is 11.2. The fourth-order valence-corrected chi connectivity index (χ4v) is 6.14. The van der Waals surface area contributed by atoms with Crippen molar-refractivity contribution in [2.75, 3.05) is 6.61 Å². The molecule has 0 radical (unpaired) electrons. The SMILES string of the molecule is Cc1ccc(C(=Nc2c(C)cccc2C)N[PH+](c2ccccc2)c2ccccc2)cc1.[CH-]1CCCO1.[Cl][Cr+]([Cl])[Cl]. The number of hydrogen-bond donors (Lipinski definition) is 1. The van der Waals surface area contributed by atoms with E-state index in [2.05, 4.69) is 129 Å². The molecule has 0 spiro atoms. The summed E-state index contributed by atoms with van der Waals surface area (Å²) in [5.74, 6) is 0.916. The Kier molecular flexibility index (Phi) is 14.6. The molecule has 1 saturated heterocycles. The first kappa shape index (κ1) is 32.7. The summed E-state index contributed by atoms with van der Waals surface area (Å²) in [6, 6.07) is 36.4. The van der Waals surface area contributed by atoms with E-state index in [9.17, 15) is 0 Å². The van der Waals surface area contributed by atoms with Gasteiger partial charge < -0.3 is 4.74 Å². The van der Waals surface area contributed by atoms with Gasteiger partial charge in [-0.05, 0) is 56.2 Å². The summed E-state index contributed by atoms with van der Waals surface area (Å²) >= 11 is -1.62. The molecular formula is C32H35Cl3CrN2OP+. The van der Waals surface area contributed by atoms with Gasteiger partial charge in [-0.2, -0.15) is 6.42 Å². The molecule has 4 aromatic rings. The minimum absolute atomic E-state index is 0.916. The molecule has 0 saturated carbocycles. The van der Waals surface area contributed by atoms with E-state index < -0.39 is 19.5 Å². The molecule has 0 unspecified atom stereocenters. The molecule has 40 heavy (non-hydrogen) atoms. The molecule has 3 nitrogen and oxygen atoms in total. The summed E-state index contributed by atoms with van der Waals surface area (Å²) in [6.07, 6.45) is 2.38. The number of nitrogens with zero attached hydrogens (tertiary/aromatic N) is 1. The maximum absolute atomic E-state index is 5.18. The van der Waals surface area contributed by atoms with Gasteiger partial charge in [-0.3, -0.25) is 0 Å². The van der Waals surface area contributed by atoms with E-state index in [1.807, 2.05) is 6.61 Å². The number of para-hydroxylation sites is 1. The van der Waals surface area contributed by atoms with Crippen molar-refractivity contribution in [2.24, 2.45) is 4.99 Å². The average molecular weight is 653 g/mol. The Morgan fingerprint density at radius 1 is 0.775 bits per heavy atom. The summed E-state index contributed by atoms with van der Waals surface area (Å²) < 4.78 is 4.82. The van der Waals surface area contributed by atoms with Crippen molar-refractivity contribution >= 4 is 60.4 Å². The Morgan fingerprint density at radius 2 is 1.30 bits per heavy atom. The van der Waals surface area contributed by atoms with E-state index in [0.29, 0.717) is 0 Å². The molecule has 210 valence electrons. The molecule has 5 rings (SSSR count). The summed E-state index contributed by atoms with van der Waals surface area (Å²) in [7, 11) is 13.5. The third-order valence-corrected chi connectivity index (χ3v) is 8.37. The first-order valence-corrected chi connectivity index (χ1v) is 19.7. The molecule has 1 aliphatic heterocycles. The number of halogens is 3. The van der Waals surface area contributed by atoms with Crippen LogP contribution in [0.4, 0.5) is 5.69 Å². The van der Waals surface area contributed by atoms with Crippen LogP contribution in [-0.4, -0.2) is 12.4 Å². The van der Waals surface area contributed by atoms with Gasteiger partial charge in [0.05, 0.1) is 5.69 Å². The number of ether oxygens (including phenoxy) is 1. The van der Waals surface area contributed by atoms with Crippen molar-refractivity contribution in [3.8, 4) is 0 Å². The van der Waals surface area contributed by atoms with Gasteiger partial charge in [0.1, 0.15) is 10.6 Å². The molecule has 1 heterocycles. The third-order valence-electron chi connectivity index (χ3n) is 6.06. The topological polar surface area (TPSA) is 33.6 Å². The van der Waals surface area contributed by atoms with Crippen molar-refractivity contribution in [1.82, 2.24) is 5.09 Å². The van der Waals surface area contributed by atoms with Crippen molar-refractivity contribution in [1.29, 1.82) is 0 Å². The quantitative estimate of drug-likeness (QED) is 0.101. The fourth-order valence-electron chi connectivity index (χ4n) is 4.03. The molecular weight excluding hydrogens is 618 g/mol. The molecule has 0 amide bonds. The molecule has 4 aromatic carbocycles. The van der Waals surface area contributed by atoms with Crippen LogP contribution in [0.1, 0.15) is 35.1 Å². The number of hydrogen-bond acceptors (Lipinski definition) is 2. The molecule has 1 aliphatic rings. The van der Waals surface area contributed by atoms with Crippen LogP contribution in [0, 0.1) is 27.4 Å². The second kappa shape index (κ2) is 17.8. The van der Waals surface area contributed by atoms with Crippen LogP contribution in [0.2, 0.25) is 0 Å². The van der Waals surface area contributed by atoms with Crippen LogP contribution >= 0.6 is 38.2 Å². The Bertz CT molecular complexity index is 1250. The Morgan fingerprint density at radius 3 is 1.73 bits per heavy atom. The van der Waals surface area contributed by atoms with Crippen molar-refractivity contribution < 1.29 is 16.1 Å². The Labute approximate surface area is 257 Å². The van der Waals surface area contributed by atoms with E-state index in [1.165, 1.54) is 33.7 Å². The van der Waals surface area contributed by atoms with Gasteiger partial charge >= 0.3 is 41.5 Å². The van der Waals surface area contributed by atoms with E-state index >= 15 is 0 Å². The van der Waals surface area contributed by atoms with Gasteiger partial charge in [0, 0.05) is 12.2 Å². The molecule has 1 fully saturated rings. The Hall–Kier alpha value is -1.86. The van der Waals surface area contributed by atoms with Crippen molar-refractivity contribution in [3.63, 3.8) is 0 Å². The van der Waals surface area contributed by atoms with Crippen LogP contribution in [0.5, 0.6) is 0 Å². The van der Waals surface area contributed by atoms with Gasteiger partial charge in [-0.1, -0.05) is 90.8 Å². The summed E-state index contributed by atoms with van der Waals surface area (Å²) in [6.45, 7) is 9.17. The number of benzene rings is 4. The summed E-state index contributed by atoms with van der Waals surface area (Å²) in [4.78, 5) is 5.18. The molecule has 0 aromatic heterocycles. The second-order valence-corrected chi connectivity index (χ2v) is 17.6. The van der Waals surface area contributed by atoms with Gasteiger partial charge in [0.2, 0.25) is 0 Å². The van der Waals surface area contributed by atoms with Gasteiger partial charge in [-0.15, -0.1) is 0 Å². The molecule has 0 atom stereocenters. The number of aryl methyl sites for hydroxylation is 3. The predicted octanol–water partition coefficient (Wildman–Crippen LogP) is 9.08. The monoisotopic (exact) mass is 651 g/mol. The molecule has 0 bridgehead atoms. The molecule has 0 aliphatic carbocycles. The maximum atomic E-state index is 5.18. The first-order chi connectivity index (χ1) is 19.3. The molecule has 1 N–H and O–H groups in total. The van der Waals surface area contributed by atoms with Crippen LogP contribution in [0.3, 0.4) is 0 Å². The van der Waals surface area contributed by atoms with E-state index in [4.69, 9.17) is 39.9 Å². The standard InChI is InChI=1S/C28H27N2P.C4H7O.3ClH.Cr/c1-21-17-19-24(20-18-21)28(29-27-22(2)11-10-12-23(27)3)30-31(25-13-6-4-7-14-25)26-15-8-5-9-16-26;1-2-4-5-3-1;;;;/h4-20H,1-3H3,(H,29,30);3H,1-2,4H2;3*1H;/q;-1;;;;+4/p-2. The van der Waals surface area contributed by atoms with Crippen molar-refractivity contribution in [2.45, 2.75) is 33.6 Å². The fraction of sp³-hybridized carbons (Fsp3) is 0.188. The van der Waals surface area contributed by atoms with E-state index in [-0.39, 0.29) is 0 Å². The van der Waals surface area contributed by atoms with E-state index in [1.54, 1.807) is 0 Å². The zero-order valence-electron chi connectivity index (χ0n) is 22.9. The van der Waals surface area contributed by atoms with Crippen molar-refractivity contribution in [3.05, 3.63) is 132 Å². The second-order valence-electron chi connectivity index (χ2n) is 9.15. The van der Waals surface area contributed by atoms with Gasteiger partial charge in [0.15, 0.2) is 13.9 Å². The normalized spacial score (nSPS) is 12.8. The number of nitrogens with one attached hydrogen (secondary N) is 1. The Balaban J connectivity index is 0.000000420. The average Bonchev–Trinajstić information content (AvgIpc) is 3.54. The zero-order valence-corrected chi connectivity index (χ0v) is 27.5. The number of amidine groups is 1. The number of aliphatic imine (C=N–C) groups is 1. The zero-order chi connectivity index (χ0) is 28.7. The predicted molar refractivity (Wildman–Crippen MR) is 174 cm³/mol. The van der Waals surface area contributed by atoms with Crippen LogP contribution in [0.15, 0.2) is 108 Å². The summed E-state index contributed by atoms with van der Waals surface area (Å²) in [5, 5.41) is 6.49. The van der Waals surface area contributed by atoms with Gasteiger partial charge in [0.25, 0.3) is 0 Å². The first-order valence-electron chi connectivity index (χ1n) is 13.0. The molecule has 8 heteroatoms.